The second-order valence-electron chi connectivity index (χ2n) is 9.38. The van der Waals surface area contributed by atoms with E-state index in [0.717, 1.165) is 24.8 Å². The zero-order valence-corrected chi connectivity index (χ0v) is 22.8. The van der Waals surface area contributed by atoms with Gasteiger partial charge in [0.1, 0.15) is 0 Å². The number of Topliss-reactive ketones (excluding diaryl/α,β-unsaturated/α-hetero) is 2. The van der Waals surface area contributed by atoms with Crippen LogP contribution < -0.4 is 14.8 Å². The molecular formula is C28H35NO11. The summed E-state index contributed by atoms with van der Waals surface area (Å²) in [6.07, 6.45) is 3.15. The number of hydrogen-bond acceptors (Lipinski definition) is 11. The van der Waals surface area contributed by atoms with Crippen LogP contribution in [-0.4, -0.2) is 66.4 Å². The van der Waals surface area contributed by atoms with E-state index in [4.69, 9.17) is 14.2 Å². The van der Waals surface area contributed by atoms with Crippen LogP contribution in [0, 0.1) is 5.92 Å². The second-order valence-corrected chi connectivity index (χ2v) is 9.38. The first-order valence-electron chi connectivity index (χ1n) is 13.0. The summed E-state index contributed by atoms with van der Waals surface area (Å²) in [6.45, 7) is 3.61. The molecule has 0 aliphatic carbocycles. The van der Waals surface area contributed by atoms with Crippen molar-refractivity contribution in [1.29, 1.82) is 0 Å². The summed E-state index contributed by atoms with van der Waals surface area (Å²) >= 11 is 0. The average Bonchev–Trinajstić information content (AvgIpc) is 3.18. The lowest BCUT2D eigenvalue weighted by Crippen LogP contribution is -2.39. The molecule has 1 saturated heterocycles. The molecule has 218 valence electrons. The maximum Gasteiger partial charge on any atom is 0.383 e. The molecule has 1 aliphatic rings. The van der Waals surface area contributed by atoms with Crippen molar-refractivity contribution in [2.75, 3.05) is 13.7 Å². The van der Waals surface area contributed by atoms with E-state index >= 15 is 0 Å². The third-order valence-electron chi connectivity index (χ3n) is 5.72. The maximum absolute atomic E-state index is 12.3. The van der Waals surface area contributed by atoms with Crippen molar-refractivity contribution in [2.24, 2.45) is 5.92 Å². The molecule has 2 N–H and O–H groups in total. The van der Waals surface area contributed by atoms with Gasteiger partial charge in [0.25, 0.3) is 5.78 Å². The highest BCUT2D eigenvalue weighted by atomic mass is 16.6. The highest BCUT2D eigenvalue weighted by Crippen LogP contribution is 2.28. The zero-order valence-electron chi connectivity index (χ0n) is 22.8. The van der Waals surface area contributed by atoms with Crippen molar-refractivity contribution in [2.45, 2.75) is 71.1 Å². The molecule has 0 radical (unpaired) electrons. The number of allylic oxidation sites excluding steroid dienone is 2. The van der Waals surface area contributed by atoms with E-state index in [9.17, 15) is 33.9 Å². The van der Waals surface area contributed by atoms with E-state index in [1.807, 2.05) is 0 Å². The average molecular weight is 562 g/mol. The standard InChI is InChI=1S/C28H35NO11/c1-17(2)8-6-4-5-7-9-22(31)29-15-18-10-11-19(20(14-18)37-3)38-23(32)12-13-24(33)39-21(16-30)27-25(34)26(35)28(36)40-27/h6,8,10-11,14,17,21,27,30H,4-5,7,9,12-13,15-16H2,1-3H3,(H,29,31)/b8-6+/t21-,27+/m0/s1. The number of esters is 3. The van der Waals surface area contributed by atoms with Gasteiger partial charge in [-0.3, -0.25) is 24.0 Å². The lowest BCUT2D eigenvalue weighted by Gasteiger charge is -2.19. The van der Waals surface area contributed by atoms with Crippen molar-refractivity contribution < 1.29 is 52.8 Å². The number of rotatable bonds is 16. The topological polar surface area (TPSA) is 172 Å². The Bertz CT molecular complexity index is 1130. The van der Waals surface area contributed by atoms with Crippen LogP contribution in [0.2, 0.25) is 0 Å². The first-order valence-corrected chi connectivity index (χ1v) is 13.0. The van der Waals surface area contributed by atoms with E-state index in [0.29, 0.717) is 12.3 Å². The Balaban J connectivity index is 1.78. The normalized spacial score (nSPS) is 15.7. The Kier molecular flexibility index (Phi) is 13.0. The number of hydrogen-bond donors (Lipinski definition) is 2. The minimum Gasteiger partial charge on any atom is -0.493 e. The van der Waals surface area contributed by atoms with Gasteiger partial charge in [0, 0.05) is 13.0 Å². The molecule has 0 saturated carbocycles. The highest BCUT2D eigenvalue weighted by molar-refractivity contribution is 6.65. The molecule has 1 aromatic carbocycles. The quantitative estimate of drug-likeness (QED) is 0.0990. The number of aliphatic hydroxyl groups is 1. The van der Waals surface area contributed by atoms with Crippen molar-refractivity contribution in [3.05, 3.63) is 35.9 Å². The monoisotopic (exact) mass is 561 g/mol. The number of ketones is 2. The van der Waals surface area contributed by atoms with Gasteiger partial charge in [-0.25, -0.2) is 4.79 Å². The van der Waals surface area contributed by atoms with Gasteiger partial charge in [-0.2, -0.15) is 0 Å². The van der Waals surface area contributed by atoms with E-state index in [-0.39, 0.29) is 24.0 Å². The molecule has 1 heterocycles. The van der Waals surface area contributed by atoms with Crippen molar-refractivity contribution in [1.82, 2.24) is 5.32 Å². The molecule has 0 bridgehead atoms. The fourth-order valence-electron chi connectivity index (χ4n) is 3.61. The summed E-state index contributed by atoms with van der Waals surface area (Å²) in [5.41, 5.74) is 0.726. The number of nitrogens with one attached hydrogen (secondary N) is 1. The Hall–Kier alpha value is -4.06. The summed E-state index contributed by atoms with van der Waals surface area (Å²) < 4.78 is 20.0. The zero-order chi connectivity index (χ0) is 29.7. The summed E-state index contributed by atoms with van der Waals surface area (Å²) in [7, 11) is 1.39. The smallest absolute Gasteiger partial charge is 0.383 e. The largest absolute Gasteiger partial charge is 0.493 e. The van der Waals surface area contributed by atoms with Gasteiger partial charge in [0.15, 0.2) is 17.6 Å². The molecule has 1 aromatic rings. The van der Waals surface area contributed by atoms with E-state index in [1.165, 1.54) is 13.2 Å². The Morgan fingerprint density at radius 3 is 2.40 bits per heavy atom. The molecular weight excluding hydrogens is 526 g/mol. The molecule has 1 aliphatic heterocycles. The number of unbranched alkanes of at least 4 members (excludes halogenated alkanes) is 2. The van der Waals surface area contributed by atoms with E-state index in [2.05, 4.69) is 36.1 Å². The number of carbonyl (C=O) groups is 6. The number of ether oxygens (including phenoxy) is 4. The predicted molar refractivity (Wildman–Crippen MR) is 139 cm³/mol. The number of methoxy groups -OCH3 is 1. The van der Waals surface area contributed by atoms with Gasteiger partial charge < -0.3 is 29.4 Å². The van der Waals surface area contributed by atoms with Gasteiger partial charge in [-0.1, -0.05) is 32.1 Å². The van der Waals surface area contributed by atoms with Crippen molar-refractivity contribution in [3.8, 4) is 11.5 Å². The van der Waals surface area contributed by atoms with Gasteiger partial charge in [0.2, 0.25) is 12.0 Å². The molecule has 40 heavy (non-hydrogen) atoms. The Morgan fingerprint density at radius 2 is 1.77 bits per heavy atom. The minimum atomic E-state index is -1.73. The van der Waals surface area contributed by atoms with Crippen LogP contribution in [0.25, 0.3) is 0 Å². The van der Waals surface area contributed by atoms with Crippen LogP contribution in [-0.2, 0) is 44.8 Å². The van der Waals surface area contributed by atoms with Crippen LogP contribution in [0.3, 0.4) is 0 Å². The third kappa shape index (κ3) is 10.3. The fourth-order valence-corrected chi connectivity index (χ4v) is 3.61. The molecule has 2 rings (SSSR count). The first kappa shape index (κ1) is 32.2. The maximum atomic E-state index is 12.3. The van der Waals surface area contributed by atoms with Crippen LogP contribution in [0.15, 0.2) is 30.4 Å². The van der Waals surface area contributed by atoms with Gasteiger partial charge >= 0.3 is 23.7 Å². The molecule has 0 unspecified atom stereocenters. The van der Waals surface area contributed by atoms with Crippen LogP contribution in [0.1, 0.15) is 57.9 Å². The lowest BCUT2D eigenvalue weighted by atomic mass is 10.1. The summed E-state index contributed by atoms with van der Waals surface area (Å²) in [4.78, 5) is 70.7. The molecule has 1 fully saturated rings. The van der Waals surface area contributed by atoms with Crippen LogP contribution >= 0.6 is 0 Å². The van der Waals surface area contributed by atoms with E-state index < -0.39 is 61.1 Å². The van der Waals surface area contributed by atoms with Crippen LogP contribution in [0.5, 0.6) is 11.5 Å². The number of benzene rings is 1. The Morgan fingerprint density at radius 1 is 1.05 bits per heavy atom. The van der Waals surface area contributed by atoms with E-state index in [1.54, 1.807) is 12.1 Å². The third-order valence-corrected chi connectivity index (χ3v) is 5.72. The molecule has 1 amide bonds. The van der Waals surface area contributed by atoms with Gasteiger partial charge in [0.05, 0.1) is 26.6 Å². The van der Waals surface area contributed by atoms with Crippen molar-refractivity contribution >= 4 is 35.4 Å². The Labute approximate surface area is 232 Å². The summed E-state index contributed by atoms with van der Waals surface area (Å²) in [5, 5.41) is 12.2. The first-order chi connectivity index (χ1) is 19.0. The fraction of sp³-hybridized carbons (Fsp3) is 0.500. The molecule has 2 atom stereocenters. The number of aliphatic hydroxyl groups excluding tert-OH is 1. The number of amides is 1. The van der Waals surface area contributed by atoms with Gasteiger partial charge in [-0.15, -0.1) is 0 Å². The second kappa shape index (κ2) is 16.1. The van der Waals surface area contributed by atoms with Gasteiger partial charge in [-0.05, 0) is 42.9 Å². The highest BCUT2D eigenvalue weighted by Gasteiger charge is 2.47. The summed E-state index contributed by atoms with van der Waals surface area (Å²) in [6, 6.07) is 4.76. The number of carbonyl (C=O) groups excluding carboxylic acids is 6. The lowest BCUT2D eigenvalue weighted by molar-refractivity contribution is -0.166. The number of cyclic esters (lactones) is 1. The SMILES string of the molecule is COc1cc(CNC(=O)CCCC/C=C/C(C)C)ccc1OC(=O)CCC(=O)O[C@@H](CO)[C@H]1OC(=O)C(=O)C1=O. The molecule has 0 aromatic heterocycles. The molecule has 12 nitrogen and oxygen atoms in total. The minimum absolute atomic E-state index is 0.0697. The van der Waals surface area contributed by atoms with Crippen molar-refractivity contribution in [3.63, 3.8) is 0 Å². The van der Waals surface area contributed by atoms with Crippen LogP contribution in [0.4, 0.5) is 0 Å². The molecule has 0 spiro atoms. The summed E-state index contributed by atoms with van der Waals surface area (Å²) in [5.74, 6) is -5.01. The predicted octanol–water partition coefficient (Wildman–Crippen LogP) is 1.74. The molecule has 12 heteroatoms.